The predicted molar refractivity (Wildman–Crippen MR) is 122 cm³/mol. The lowest BCUT2D eigenvalue weighted by Gasteiger charge is -2.52. The molecule has 1 N–H and O–H groups in total. The van der Waals surface area contributed by atoms with Gasteiger partial charge in [-0.2, -0.15) is 0 Å². The Bertz CT molecular complexity index is 1220. The van der Waals surface area contributed by atoms with Crippen molar-refractivity contribution in [3.63, 3.8) is 0 Å². The Hall–Kier alpha value is -2.86. The molecule has 3 heterocycles. The van der Waals surface area contributed by atoms with Crippen LogP contribution in [0.3, 0.4) is 0 Å². The van der Waals surface area contributed by atoms with E-state index in [1.807, 2.05) is 41.3 Å². The minimum atomic E-state index is -0.665. The number of nitro groups is 1. The molecular formula is C25H24ClN3O3. The molecule has 1 saturated heterocycles. The van der Waals surface area contributed by atoms with Crippen LogP contribution in [0.1, 0.15) is 48.0 Å². The number of nitrogens with one attached hydrogen (secondary N) is 1. The number of piperidine rings is 1. The molecule has 5 atom stereocenters. The van der Waals surface area contributed by atoms with Gasteiger partial charge in [-0.05, 0) is 48.1 Å². The molecule has 7 heteroatoms. The quantitative estimate of drug-likeness (QED) is 0.436. The molecular weight excluding hydrogens is 426 g/mol. The number of aromatic amines is 1. The van der Waals surface area contributed by atoms with Crippen molar-refractivity contribution in [3.05, 3.63) is 80.5 Å². The first-order valence-electron chi connectivity index (χ1n) is 11.3. The first kappa shape index (κ1) is 19.8. The van der Waals surface area contributed by atoms with Gasteiger partial charge < -0.3 is 9.88 Å². The molecule has 3 aromatic rings. The predicted octanol–water partition coefficient (Wildman–Crippen LogP) is 5.11. The molecule has 3 aliphatic rings. The molecule has 1 aliphatic carbocycles. The van der Waals surface area contributed by atoms with Crippen molar-refractivity contribution in [2.75, 3.05) is 6.54 Å². The summed E-state index contributed by atoms with van der Waals surface area (Å²) >= 11 is 6.14. The largest absolute Gasteiger partial charge is 0.356 e. The van der Waals surface area contributed by atoms with Crippen LogP contribution < -0.4 is 0 Å². The summed E-state index contributed by atoms with van der Waals surface area (Å²) in [5.41, 5.74) is 4.35. The van der Waals surface area contributed by atoms with Crippen LogP contribution in [0.2, 0.25) is 5.02 Å². The van der Waals surface area contributed by atoms with Gasteiger partial charge in [0.1, 0.15) is 0 Å². The van der Waals surface area contributed by atoms with Crippen LogP contribution >= 0.6 is 11.6 Å². The van der Waals surface area contributed by atoms with Crippen LogP contribution in [0.15, 0.2) is 48.5 Å². The molecule has 2 aromatic carbocycles. The fourth-order valence-corrected chi connectivity index (χ4v) is 6.78. The summed E-state index contributed by atoms with van der Waals surface area (Å²) in [6, 6.07) is 14.9. The zero-order valence-corrected chi connectivity index (χ0v) is 18.3. The molecule has 164 valence electrons. The summed E-state index contributed by atoms with van der Waals surface area (Å²) < 4.78 is 0. The summed E-state index contributed by atoms with van der Waals surface area (Å²) in [6.07, 6.45) is 2.50. The molecule has 0 bridgehead atoms. The van der Waals surface area contributed by atoms with E-state index >= 15 is 0 Å². The van der Waals surface area contributed by atoms with Gasteiger partial charge in [0, 0.05) is 51.8 Å². The number of amides is 1. The van der Waals surface area contributed by atoms with Gasteiger partial charge in [0.15, 0.2) is 0 Å². The van der Waals surface area contributed by atoms with Crippen molar-refractivity contribution in [2.24, 2.45) is 11.8 Å². The molecule has 0 radical (unpaired) electrons. The number of fused-ring (bicyclic) bond motifs is 7. The average Bonchev–Trinajstić information content (AvgIpc) is 3.17. The molecule has 6 nitrogen and oxygen atoms in total. The molecule has 0 spiro atoms. The number of halogens is 1. The highest BCUT2D eigenvalue weighted by Gasteiger charge is 2.55. The number of benzene rings is 2. The fourth-order valence-electron chi connectivity index (χ4n) is 6.66. The Balaban J connectivity index is 1.54. The smallest absolute Gasteiger partial charge is 0.223 e. The van der Waals surface area contributed by atoms with Crippen LogP contribution in [-0.2, 0) is 11.2 Å². The van der Waals surface area contributed by atoms with E-state index < -0.39 is 6.04 Å². The minimum Gasteiger partial charge on any atom is -0.356 e. The van der Waals surface area contributed by atoms with Gasteiger partial charge in [-0.3, -0.25) is 14.9 Å². The Kier molecular flexibility index (Phi) is 4.54. The lowest BCUT2D eigenvalue weighted by molar-refractivity contribution is -0.533. The Morgan fingerprint density at radius 2 is 1.88 bits per heavy atom. The molecule has 0 unspecified atom stereocenters. The summed E-state index contributed by atoms with van der Waals surface area (Å²) in [5, 5.41) is 14.0. The number of nitrogens with zero attached hydrogens (tertiary/aromatic N) is 2. The van der Waals surface area contributed by atoms with E-state index in [9.17, 15) is 14.9 Å². The van der Waals surface area contributed by atoms with Crippen molar-refractivity contribution in [2.45, 2.75) is 43.7 Å². The Labute approximate surface area is 190 Å². The van der Waals surface area contributed by atoms with Gasteiger partial charge in [0.05, 0.1) is 12.0 Å². The summed E-state index contributed by atoms with van der Waals surface area (Å²) in [6.45, 7) is 0.665. The number of aromatic nitrogens is 1. The summed E-state index contributed by atoms with van der Waals surface area (Å²) in [4.78, 5) is 30.8. The van der Waals surface area contributed by atoms with Gasteiger partial charge in [0.2, 0.25) is 11.9 Å². The third kappa shape index (κ3) is 2.89. The number of rotatable bonds is 2. The van der Waals surface area contributed by atoms with E-state index in [4.69, 9.17) is 11.6 Å². The zero-order valence-electron chi connectivity index (χ0n) is 17.5. The number of para-hydroxylation sites is 1. The number of hydrogen-bond acceptors (Lipinski definition) is 3. The van der Waals surface area contributed by atoms with Crippen molar-refractivity contribution < 1.29 is 9.72 Å². The third-order valence-corrected chi connectivity index (χ3v) is 8.19. The Morgan fingerprint density at radius 3 is 2.66 bits per heavy atom. The minimum absolute atomic E-state index is 0.00913. The van der Waals surface area contributed by atoms with Crippen LogP contribution in [0.4, 0.5) is 0 Å². The van der Waals surface area contributed by atoms with Crippen molar-refractivity contribution in [3.8, 4) is 0 Å². The number of hydrogen-bond donors (Lipinski definition) is 1. The molecule has 2 fully saturated rings. The van der Waals surface area contributed by atoms with E-state index in [2.05, 4.69) is 17.1 Å². The van der Waals surface area contributed by atoms with E-state index in [0.29, 0.717) is 30.8 Å². The van der Waals surface area contributed by atoms with Gasteiger partial charge in [-0.1, -0.05) is 41.9 Å². The van der Waals surface area contributed by atoms with Crippen molar-refractivity contribution in [1.29, 1.82) is 0 Å². The van der Waals surface area contributed by atoms with Crippen LogP contribution in [0.5, 0.6) is 0 Å². The second-order valence-electron chi connectivity index (χ2n) is 9.39. The lowest BCUT2D eigenvalue weighted by atomic mass is 9.60. The van der Waals surface area contributed by atoms with Crippen molar-refractivity contribution in [1.82, 2.24) is 9.88 Å². The second kappa shape index (κ2) is 7.34. The van der Waals surface area contributed by atoms with Gasteiger partial charge in [0.25, 0.3) is 0 Å². The molecule has 2 aliphatic heterocycles. The maximum atomic E-state index is 13.2. The highest BCUT2D eigenvalue weighted by Crippen LogP contribution is 2.55. The average molecular weight is 450 g/mol. The standard InChI is InChI=1S/C25H24ClN3O3/c26-16-8-5-14(6-9-16)22-20(29(31)32)10-7-15-13-21(30)28-12-11-18-17-3-1-2-4-19(17)27-24(18)25(28)23(15)22/h1-6,8-9,15,20,22-23,25,27H,7,10-13H2/t15-,20+,22-,23-,25+/m0/s1. The monoisotopic (exact) mass is 449 g/mol. The maximum absolute atomic E-state index is 13.2. The Morgan fingerprint density at radius 1 is 1.09 bits per heavy atom. The zero-order chi connectivity index (χ0) is 22.0. The van der Waals surface area contributed by atoms with Gasteiger partial charge >= 0.3 is 0 Å². The summed E-state index contributed by atoms with van der Waals surface area (Å²) in [7, 11) is 0. The second-order valence-corrected chi connectivity index (χ2v) is 9.83. The number of carbonyl (C=O) groups is 1. The molecule has 32 heavy (non-hydrogen) atoms. The first-order chi connectivity index (χ1) is 15.5. The van der Waals surface area contributed by atoms with Crippen molar-refractivity contribution >= 4 is 28.4 Å². The molecule has 1 aromatic heterocycles. The van der Waals surface area contributed by atoms with Crippen LogP contribution in [0.25, 0.3) is 10.9 Å². The fraction of sp³-hybridized carbons (Fsp3) is 0.400. The van der Waals surface area contributed by atoms with E-state index in [1.165, 1.54) is 10.9 Å². The van der Waals surface area contributed by atoms with Gasteiger partial charge in [-0.25, -0.2) is 0 Å². The lowest BCUT2D eigenvalue weighted by Crippen LogP contribution is -2.55. The van der Waals surface area contributed by atoms with E-state index in [-0.39, 0.29) is 34.6 Å². The maximum Gasteiger partial charge on any atom is 0.223 e. The number of carbonyl (C=O) groups excluding carboxylic acids is 1. The van der Waals surface area contributed by atoms with E-state index in [1.54, 1.807) is 0 Å². The first-order valence-corrected chi connectivity index (χ1v) is 11.7. The highest BCUT2D eigenvalue weighted by molar-refractivity contribution is 6.30. The summed E-state index contributed by atoms with van der Waals surface area (Å²) in [5.74, 6) is 0.0390. The van der Waals surface area contributed by atoms with Crippen LogP contribution in [0, 0.1) is 22.0 Å². The molecule has 6 rings (SSSR count). The number of H-pyrrole nitrogens is 1. The molecule has 1 amide bonds. The normalized spacial score (nSPS) is 29.3. The SMILES string of the molecule is O=C1C[C@@H]2CC[C@@H]([N+](=O)[O-])[C@H](c3ccc(Cl)cc3)[C@H]2[C@@H]2c3[nH]c4ccccc4c3CCN12. The topological polar surface area (TPSA) is 79.2 Å². The third-order valence-electron chi connectivity index (χ3n) is 7.94. The van der Waals surface area contributed by atoms with Gasteiger partial charge in [-0.15, -0.1) is 0 Å². The molecule has 1 saturated carbocycles. The highest BCUT2D eigenvalue weighted by atomic mass is 35.5. The van der Waals surface area contributed by atoms with Crippen LogP contribution in [-0.4, -0.2) is 33.3 Å². The van der Waals surface area contributed by atoms with E-state index in [0.717, 1.165) is 23.2 Å².